The normalized spacial score (nSPS) is 29.0. The van der Waals surface area contributed by atoms with Gasteiger partial charge in [-0.1, -0.05) is 27.7 Å². The molecular formula is C25H42N4O2. The summed E-state index contributed by atoms with van der Waals surface area (Å²) in [6.45, 7) is 12.8. The SMILES string of the molecule is CC(C)C(=O)C1CCC2(CC1)CC(N1CCN(c3cnc(C(C)C)nc3)CC1)C2.CO. The molecule has 1 spiro atoms. The van der Waals surface area contributed by atoms with E-state index in [4.69, 9.17) is 5.11 Å². The standard InChI is InChI=1S/C24H38N4O.CH4O/c1-17(2)22(29)19-5-7-24(8-6-19)13-20(14-24)27-9-11-28(12-10-27)21-15-25-23(18(3)4)26-16-21;1-2/h15-20H,5-14H2,1-4H3;2H,1H3. The van der Waals surface area contributed by atoms with Crippen LogP contribution in [-0.4, -0.2) is 65.1 Å². The number of hydrogen-bond donors (Lipinski definition) is 1. The number of rotatable bonds is 5. The molecule has 6 nitrogen and oxygen atoms in total. The highest BCUT2D eigenvalue weighted by molar-refractivity contribution is 5.82. The lowest BCUT2D eigenvalue weighted by atomic mass is 9.56. The van der Waals surface area contributed by atoms with E-state index in [0.717, 1.165) is 63.7 Å². The second-order valence-electron chi connectivity index (χ2n) is 10.4. The van der Waals surface area contributed by atoms with Crippen LogP contribution in [0.25, 0.3) is 0 Å². The second-order valence-corrected chi connectivity index (χ2v) is 10.4. The molecule has 0 unspecified atom stereocenters. The van der Waals surface area contributed by atoms with E-state index in [9.17, 15) is 4.79 Å². The minimum Gasteiger partial charge on any atom is -0.400 e. The van der Waals surface area contributed by atoms with Crippen molar-refractivity contribution in [1.82, 2.24) is 14.9 Å². The third-order valence-corrected chi connectivity index (χ3v) is 7.73. The molecule has 0 radical (unpaired) electrons. The summed E-state index contributed by atoms with van der Waals surface area (Å²) in [5.74, 6) is 2.35. The van der Waals surface area contributed by atoms with Crippen LogP contribution in [0.2, 0.25) is 0 Å². The molecule has 4 rings (SSSR count). The maximum Gasteiger partial charge on any atom is 0.138 e. The van der Waals surface area contributed by atoms with E-state index < -0.39 is 0 Å². The Balaban J connectivity index is 0.00000132. The van der Waals surface area contributed by atoms with E-state index in [0.29, 0.717) is 23.0 Å². The quantitative estimate of drug-likeness (QED) is 0.764. The molecular weight excluding hydrogens is 388 g/mol. The summed E-state index contributed by atoms with van der Waals surface area (Å²) in [6, 6.07) is 0.758. The average Bonchev–Trinajstić information content (AvgIpc) is 2.78. The first-order chi connectivity index (χ1) is 14.9. The number of carbonyl (C=O) groups excluding carboxylic acids is 1. The van der Waals surface area contributed by atoms with Crippen LogP contribution in [0.15, 0.2) is 12.4 Å². The van der Waals surface area contributed by atoms with Gasteiger partial charge in [0.05, 0.1) is 18.1 Å². The predicted molar refractivity (Wildman–Crippen MR) is 125 cm³/mol. The van der Waals surface area contributed by atoms with Crippen molar-refractivity contribution in [2.24, 2.45) is 17.3 Å². The number of Topliss-reactive ketones (excluding diaryl/α,β-unsaturated/α-hetero) is 1. The first kappa shape index (κ1) is 24.1. The topological polar surface area (TPSA) is 69.6 Å². The Morgan fingerprint density at radius 3 is 2.03 bits per heavy atom. The van der Waals surface area contributed by atoms with Gasteiger partial charge in [-0.25, -0.2) is 9.97 Å². The number of aliphatic hydroxyl groups is 1. The molecule has 0 amide bonds. The van der Waals surface area contributed by atoms with Gasteiger partial charge in [-0.3, -0.25) is 9.69 Å². The number of carbonyl (C=O) groups is 1. The van der Waals surface area contributed by atoms with Crippen molar-refractivity contribution in [1.29, 1.82) is 0 Å². The van der Waals surface area contributed by atoms with Crippen molar-refractivity contribution in [3.63, 3.8) is 0 Å². The van der Waals surface area contributed by atoms with E-state index in [1.165, 1.54) is 25.7 Å². The average molecular weight is 431 g/mol. The molecule has 2 heterocycles. The molecule has 1 aromatic heterocycles. The largest absolute Gasteiger partial charge is 0.400 e. The van der Waals surface area contributed by atoms with Gasteiger partial charge in [0.25, 0.3) is 0 Å². The number of ketones is 1. The third kappa shape index (κ3) is 5.46. The molecule has 1 N–H and O–H groups in total. The van der Waals surface area contributed by atoms with Gasteiger partial charge in [-0.05, 0) is 43.9 Å². The highest BCUT2D eigenvalue weighted by Crippen LogP contribution is 2.54. The summed E-state index contributed by atoms with van der Waals surface area (Å²) in [7, 11) is 1.00. The lowest BCUT2D eigenvalue weighted by molar-refractivity contribution is -0.129. The zero-order valence-electron chi connectivity index (χ0n) is 20.2. The van der Waals surface area contributed by atoms with Gasteiger partial charge >= 0.3 is 0 Å². The first-order valence-electron chi connectivity index (χ1n) is 12.2. The Kier molecular flexibility index (Phi) is 8.08. The van der Waals surface area contributed by atoms with Crippen LogP contribution in [0, 0.1) is 17.3 Å². The van der Waals surface area contributed by atoms with E-state index >= 15 is 0 Å². The van der Waals surface area contributed by atoms with Gasteiger partial charge in [0.15, 0.2) is 0 Å². The molecule has 31 heavy (non-hydrogen) atoms. The predicted octanol–water partition coefficient (Wildman–Crippen LogP) is 3.89. The fourth-order valence-corrected chi connectivity index (χ4v) is 5.73. The zero-order valence-corrected chi connectivity index (χ0v) is 20.2. The van der Waals surface area contributed by atoms with Crippen LogP contribution in [0.3, 0.4) is 0 Å². The van der Waals surface area contributed by atoms with Crippen molar-refractivity contribution in [2.45, 2.75) is 78.2 Å². The van der Waals surface area contributed by atoms with Crippen molar-refractivity contribution < 1.29 is 9.90 Å². The Hall–Kier alpha value is -1.53. The molecule has 3 aliphatic rings. The van der Waals surface area contributed by atoms with Crippen molar-refractivity contribution in [3.8, 4) is 0 Å². The summed E-state index contributed by atoms with van der Waals surface area (Å²) in [4.78, 5) is 26.5. The van der Waals surface area contributed by atoms with Crippen molar-refractivity contribution in [2.75, 3.05) is 38.2 Å². The number of aromatic nitrogens is 2. The maximum atomic E-state index is 12.3. The molecule has 2 saturated carbocycles. The van der Waals surface area contributed by atoms with Gasteiger partial charge in [-0.15, -0.1) is 0 Å². The molecule has 3 fully saturated rings. The Labute approximate surface area is 188 Å². The summed E-state index contributed by atoms with van der Waals surface area (Å²) < 4.78 is 0. The maximum absolute atomic E-state index is 12.3. The van der Waals surface area contributed by atoms with Crippen molar-refractivity contribution >= 4 is 11.5 Å². The summed E-state index contributed by atoms with van der Waals surface area (Å²) in [5, 5.41) is 7.00. The first-order valence-corrected chi connectivity index (χ1v) is 12.2. The minimum absolute atomic E-state index is 0.200. The number of piperazine rings is 1. The molecule has 0 atom stereocenters. The fraction of sp³-hybridized carbons (Fsp3) is 0.800. The van der Waals surface area contributed by atoms with E-state index in [2.05, 4.69) is 47.5 Å². The van der Waals surface area contributed by atoms with Crippen LogP contribution in [0.5, 0.6) is 0 Å². The van der Waals surface area contributed by atoms with Crippen LogP contribution in [0.4, 0.5) is 5.69 Å². The number of anilines is 1. The molecule has 174 valence electrons. The molecule has 2 aliphatic carbocycles. The fourth-order valence-electron chi connectivity index (χ4n) is 5.73. The smallest absolute Gasteiger partial charge is 0.138 e. The van der Waals surface area contributed by atoms with E-state index in [1.807, 2.05) is 12.4 Å². The Morgan fingerprint density at radius 2 is 1.55 bits per heavy atom. The summed E-state index contributed by atoms with van der Waals surface area (Å²) in [6.07, 6.45) is 11.5. The zero-order chi connectivity index (χ0) is 22.6. The molecule has 0 bridgehead atoms. The van der Waals surface area contributed by atoms with E-state index in [-0.39, 0.29) is 5.92 Å². The van der Waals surface area contributed by atoms with Crippen molar-refractivity contribution in [3.05, 3.63) is 18.2 Å². The highest BCUT2D eigenvalue weighted by atomic mass is 16.2. The molecule has 1 saturated heterocycles. The van der Waals surface area contributed by atoms with Crippen LogP contribution in [-0.2, 0) is 4.79 Å². The third-order valence-electron chi connectivity index (χ3n) is 7.73. The molecule has 1 aromatic rings. The Bertz CT molecular complexity index is 695. The summed E-state index contributed by atoms with van der Waals surface area (Å²) >= 11 is 0. The summed E-state index contributed by atoms with van der Waals surface area (Å²) in [5.41, 5.74) is 1.71. The number of nitrogens with zero attached hydrogens (tertiary/aromatic N) is 4. The minimum atomic E-state index is 0.200. The van der Waals surface area contributed by atoms with Crippen LogP contribution in [0.1, 0.15) is 78.0 Å². The second kappa shape index (κ2) is 10.4. The van der Waals surface area contributed by atoms with Gasteiger partial charge in [0, 0.05) is 57.1 Å². The molecule has 0 aromatic carbocycles. The van der Waals surface area contributed by atoms with Gasteiger partial charge in [0.1, 0.15) is 11.6 Å². The number of hydrogen-bond acceptors (Lipinski definition) is 6. The van der Waals surface area contributed by atoms with Crippen LogP contribution >= 0.6 is 0 Å². The molecule has 6 heteroatoms. The Morgan fingerprint density at radius 1 is 1.00 bits per heavy atom. The highest BCUT2D eigenvalue weighted by Gasteiger charge is 2.48. The van der Waals surface area contributed by atoms with E-state index in [1.54, 1.807) is 0 Å². The van der Waals surface area contributed by atoms with Crippen LogP contribution < -0.4 is 4.90 Å². The number of aliphatic hydroxyl groups excluding tert-OH is 1. The lowest BCUT2D eigenvalue weighted by Gasteiger charge is -2.56. The monoisotopic (exact) mass is 430 g/mol. The van der Waals surface area contributed by atoms with Gasteiger partial charge < -0.3 is 10.0 Å². The molecule has 1 aliphatic heterocycles. The van der Waals surface area contributed by atoms with Gasteiger partial charge in [0.2, 0.25) is 0 Å². The van der Waals surface area contributed by atoms with Gasteiger partial charge in [-0.2, -0.15) is 0 Å². The lowest BCUT2D eigenvalue weighted by Crippen LogP contribution is -2.57.